The van der Waals surface area contributed by atoms with Crippen molar-refractivity contribution >= 4 is 8.32 Å². The SMILES string of the molecule is CCCC(C)(C)[Si](C)(C)OC(N(C)C)C(F)(F)F. The molecule has 0 saturated carbocycles. The Bertz CT molecular complexity index is 265. The first-order valence-electron chi connectivity index (χ1n) is 6.26. The molecule has 0 amide bonds. The third-order valence-corrected chi connectivity index (χ3v) is 7.98. The van der Waals surface area contributed by atoms with Crippen molar-refractivity contribution < 1.29 is 17.6 Å². The van der Waals surface area contributed by atoms with Gasteiger partial charge in [-0.05, 0) is 38.6 Å². The van der Waals surface area contributed by atoms with Gasteiger partial charge in [0, 0.05) is 0 Å². The summed E-state index contributed by atoms with van der Waals surface area (Å²) >= 11 is 0. The van der Waals surface area contributed by atoms with E-state index in [1.54, 1.807) is 0 Å². The van der Waals surface area contributed by atoms with Crippen molar-refractivity contribution in [2.24, 2.45) is 0 Å². The number of alkyl halides is 3. The summed E-state index contributed by atoms with van der Waals surface area (Å²) in [6.45, 7) is 9.78. The molecule has 0 aliphatic carbocycles. The Kier molecular flexibility index (Phi) is 5.90. The normalized spacial score (nSPS) is 16.2. The van der Waals surface area contributed by atoms with Gasteiger partial charge < -0.3 is 4.43 Å². The summed E-state index contributed by atoms with van der Waals surface area (Å²) in [5.74, 6) is 0. The number of hydrogen-bond donors (Lipinski definition) is 0. The maximum absolute atomic E-state index is 12.9. The van der Waals surface area contributed by atoms with Crippen molar-refractivity contribution in [2.45, 2.75) is 64.1 Å². The third kappa shape index (κ3) is 4.55. The van der Waals surface area contributed by atoms with Gasteiger partial charge in [0.25, 0.3) is 0 Å². The summed E-state index contributed by atoms with van der Waals surface area (Å²) in [4.78, 5) is 1.09. The molecular formula is C12H26F3NOSi. The Labute approximate surface area is 110 Å². The van der Waals surface area contributed by atoms with E-state index in [-0.39, 0.29) is 5.04 Å². The fourth-order valence-electron chi connectivity index (χ4n) is 1.83. The number of halogens is 3. The molecule has 0 aliphatic rings. The maximum atomic E-state index is 12.9. The van der Waals surface area contributed by atoms with Crippen LogP contribution >= 0.6 is 0 Å². The highest BCUT2D eigenvalue weighted by atomic mass is 28.4. The van der Waals surface area contributed by atoms with Gasteiger partial charge in [0.2, 0.25) is 0 Å². The highest BCUT2D eigenvalue weighted by molar-refractivity contribution is 6.74. The fourth-order valence-corrected chi connectivity index (χ4v) is 3.90. The largest absolute Gasteiger partial charge is 0.427 e. The van der Waals surface area contributed by atoms with Gasteiger partial charge in [0.05, 0.1) is 0 Å². The molecule has 18 heavy (non-hydrogen) atoms. The van der Waals surface area contributed by atoms with Crippen molar-refractivity contribution in [3.8, 4) is 0 Å². The summed E-state index contributed by atoms with van der Waals surface area (Å²) in [6.07, 6.45) is -4.33. The molecule has 0 aromatic carbocycles. The van der Waals surface area contributed by atoms with Gasteiger partial charge in [-0.1, -0.05) is 27.2 Å². The van der Waals surface area contributed by atoms with Gasteiger partial charge in [-0.2, -0.15) is 13.2 Å². The Balaban J connectivity index is 5.03. The van der Waals surface area contributed by atoms with Gasteiger partial charge >= 0.3 is 6.18 Å². The van der Waals surface area contributed by atoms with Crippen LogP contribution < -0.4 is 0 Å². The predicted octanol–water partition coefficient (Wildman–Crippen LogP) is 4.24. The molecule has 0 fully saturated rings. The van der Waals surface area contributed by atoms with Crippen molar-refractivity contribution in [1.29, 1.82) is 0 Å². The molecule has 0 N–H and O–H groups in total. The lowest BCUT2D eigenvalue weighted by molar-refractivity contribution is -0.235. The van der Waals surface area contributed by atoms with Crippen LogP contribution in [0.4, 0.5) is 13.2 Å². The maximum Gasteiger partial charge on any atom is 0.427 e. The van der Waals surface area contributed by atoms with Crippen molar-refractivity contribution in [3.63, 3.8) is 0 Å². The Hall–Kier alpha value is -0.0731. The van der Waals surface area contributed by atoms with Gasteiger partial charge in [-0.15, -0.1) is 0 Å². The number of rotatable bonds is 6. The zero-order chi connectivity index (χ0) is 14.8. The third-order valence-electron chi connectivity index (χ3n) is 3.66. The average molecular weight is 285 g/mol. The van der Waals surface area contributed by atoms with Crippen molar-refractivity contribution in [1.82, 2.24) is 4.90 Å². The molecule has 6 heteroatoms. The van der Waals surface area contributed by atoms with Gasteiger partial charge in [0.1, 0.15) is 0 Å². The van der Waals surface area contributed by atoms with Gasteiger partial charge in [0.15, 0.2) is 14.5 Å². The van der Waals surface area contributed by atoms with Crippen LogP contribution in [0.2, 0.25) is 18.1 Å². The van der Waals surface area contributed by atoms with Crippen molar-refractivity contribution in [3.05, 3.63) is 0 Å². The predicted molar refractivity (Wildman–Crippen MR) is 71.0 cm³/mol. The molecule has 0 aliphatic heterocycles. The zero-order valence-electron chi connectivity index (χ0n) is 12.5. The van der Waals surface area contributed by atoms with E-state index < -0.39 is 20.7 Å². The monoisotopic (exact) mass is 285 g/mol. The van der Waals surface area contributed by atoms with Crippen LogP contribution in [-0.2, 0) is 4.43 Å². The molecule has 0 heterocycles. The molecule has 0 spiro atoms. The first-order chi connectivity index (χ1) is 7.85. The second-order valence-corrected chi connectivity index (χ2v) is 10.7. The van der Waals surface area contributed by atoms with Crippen LogP contribution in [0.5, 0.6) is 0 Å². The minimum Gasteiger partial charge on any atom is -0.394 e. The minimum absolute atomic E-state index is 0.179. The topological polar surface area (TPSA) is 12.5 Å². The van der Waals surface area contributed by atoms with E-state index in [1.165, 1.54) is 14.1 Å². The molecule has 0 bridgehead atoms. The molecule has 0 radical (unpaired) electrons. The number of hydrogen-bond acceptors (Lipinski definition) is 2. The standard InChI is InChI=1S/C12H26F3NOSi/c1-8-9-11(2,3)18(6,7)17-10(16(4)5)12(13,14)15/h10H,8-9H2,1-7H3. The highest BCUT2D eigenvalue weighted by Crippen LogP contribution is 2.44. The minimum atomic E-state index is -4.35. The molecule has 0 aromatic rings. The van der Waals surface area contributed by atoms with Gasteiger partial charge in [-0.25, -0.2) is 0 Å². The Morgan fingerprint density at radius 2 is 1.61 bits per heavy atom. The smallest absolute Gasteiger partial charge is 0.394 e. The fraction of sp³-hybridized carbons (Fsp3) is 1.00. The van der Waals surface area contributed by atoms with Crippen LogP contribution in [0.15, 0.2) is 0 Å². The van der Waals surface area contributed by atoms with Crippen LogP contribution in [0.25, 0.3) is 0 Å². The van der Waals surface area contributed by atoms with Crippen LogP contribution in [0.1, 0.15) is 33.6 Å². The molecule has 0 aromatic heterocycles. The number of nitrogens with zero attached hydrogens (tertiary/aromatic N) is 1. The summed E-state index contributed by atoms with van der Waals surface area (Å²) in [5.41, 5.74) is 0. The molecule has 0 saturated heterocycles. The first kappa shape index (κ1) is 17.9. The van der Waals surface area contributed by atoms with E-state index >= 15 is 0 Å². The molecule has 1 atom stereocenters. The lowest BCUT2D eigenvalue weighted by Gasteiger charge is -2.43. The molecular weight excluding hydrogens is 259 g/mol. The molecule has 1 unspecified atom stereocenters. The van der Waals surface area contributed by atoms with Crippen molar-refractivity contribution in [2.75, 3.05) is 14.1 Å². The van der Waals surface area contributed by atoms with E-state index in [2.05, 4.69) is 0 Å². The van der Waals surface area contributed by atoms with Crippen LogP contribution in [-0.4, -0.2) is 39.7 Å². The van der Waals surface area contributed by atoms with E-state index in [9.17, 15) is 13.2 Å². The van der Waals surface area contributed by atoms with E-state index in [1.807, 2.05) is 33.9 Å². The summed E-state index contributed by atoms with van der Waals surface area (Å²) in [5, 5.41) is -0.179. The molecule has 110 valence electrons. The van der Waals surface area contributed by atoms with Crippen LogP contribution in [0.3, 0.4) is 0 Å². The molecule has 2 nitrogen and oxygen atoms in total. The second-order valence-electron chi connectivity index (χ2n) is 6.12. The lowest BCUT2D eigenvalue weighted by Crippen LogP contribution is -2.53. The highest BCUT2D eigenvalue weighted by Gasteiger charge is 2.50. The van der Waals surface area contributed by atoms with Gasteiger partial charge in [-0.3, -0.25) is 4.90 Å². The summed E-state index contributed by atoms with van der Waals surface area (Å²) in [7, 11) is 0.347. The summed E-state index contributed by atoms with van der Waals surface area (Å²) in [6, 6.07) is 0. The molecule has 0 rings (SSSR count). The Morgan fingerprint density at radius 1 is 1.17 bits per heavy atom. The van der Waals surface area contributed by atoms with E-state index in [0.29, 0.717) is 0 Å². The summed E-state index contributed by atoms with van der Waals surface area (Å²) < 4.78 is 44.3. The Morgan fingerprint density at radius 3 is 1.89 bits per heavy atom. The average Bonchev–Trinajstić information content (AvgIpc) is 2.11. The zero-order valence-corrected chi connectivity index (χ0v) is 13.5. The second kappa shape index (κ2) is 5.92. The van der Waals surface area contributed by atoms with E-state index in [0.717, 1.165) is 17.7 Å². The quantitative estimate of drug-likeness (QED) is 0.534. The lowest BCUT2D eigenvalue weighted by atomic mass is 10.1. The van der Waals surface area contributed by atoms with E-state index in [4.69, 9.17) is 4.43 Å². The first-order valence-corrected chi connectivity index (χ1v) is 9.17. The van der Waals surface area contributed by atoms with Crippen LogP contribution in [0, 0.1) is 0 Å².